The monoisotopic (exact) mass is 353 g/mol. The highest BCUT2D eigenvalue weighted by Gasteiger charge is 2.36. The highest BCUT2D eigenvalue weighted by Crippen LogP contribution is 2.36. The van der Waals surface area contributed by atoms with E-state index in [1.54, 1.807) is 0 Å². The molecule has 2 aliphatic heterocycles. The van der Waals surface area contributed by atoms with Crippen molar-refractivity contribution in [2.45, 2.75) is 24.9 Å². The van der Waals surface area contributed by atoms with E-state index in [0.717, 1.165) is 34.9 Å². The van der Waals surface area contributed by atoms with Crippen LogP contribution in [0.25, 0.3) is 0 Å². The first-order valence-electron chi connectivity index (χ1n) is 9.82. The highest BCUT2D eigenvalue weighted by atomic mass is 15.2. The molecule has 3 aromatic carbocycles. The maximum Gasteiger partial charge on any atom is 0.202 e. The number of rotatable bonds is 3. The van der Waals surface area contributed by atoms with Gasteiger partial charge in [-0.1, -0.05) is 66.7 Å². The minimum atomic E-state index is -0.698. The highest BCUT2D eigenvalue weighted by molar-refractivity contribution is 5.49. The molecule has 0 bridgehead atoms. The summed E-state index contributed by atoms with van der Waals surface area (Å²) < 4.78 is 0. The van der Waals surface area contributed by atoms with E-state index in [-0.39, 0.29) is 0 Å². The summed E-state index contributed by atoms with van der Waals surface area (Å²) >= 11 is 0. The minimum absolute atomic E-state index is 0.698. The fourth-order valence-electron chi connectivity index (χ4n) is 4.24. The van der Waals surface area contributed by atoms with Crippen LogP contribution in [0.5, 0.6) is 0 Å². The van der Waals surface area contributed by atoms with Crippen molar-refractivity contribution in [2.75, 3.05) is 18.0 Å². The van der Waals surface area contributed by atoms with Crippen LogP contribution in [0.1, 0.15) is 30.4 Å². The van der Waals surface area contributed by atoms with E-state index in [1.165, 1.54) is 24.9 Å². The Morgan fingerprint density at radius 2 is 1.26 bits per heavy atom. The first kappa shape index (κ1) is 16.2. The SMILES string of the molecule is c1ccc(C2(c3ccccc3)N=c3cccc(N4CCCCC4)c3=N2)cc1. The molecule has 134 valence electrons. The van der Waals surface area contributed by atoms with Crippen LogP contribution >= 0.6 is 0 Å². The van der Waals surface area contributed by atoms with Gasteiger partial charge in [0.05, 0.1) is 11.0 Å². The second kappa shape index (κ2) is 6.66. The van der Waals surface area contributed by atoms with E-state index in [9.17, 15) is 0 Å². The Hall–Kier alpha value is -2.94. The summed E-state index contributed by atoms with van der Waals surface area (Å²) in [4.78, 5) is 13.0. The summed E-state index contributed by atoms with van der Waals surface area (Å²) in [7, 11) is 0. The van der Waals surface area contributed by atoms with Crippen LogP contribution in [-0.2, 0) is 5.66 Å². The molecule has 1 saturated heterocycles. The molecular weight excluding hydrogens is 330 g/mol. The molecule has 5 rings (SSSR count). The van der Waals surface area contributed by atoms with Gasteiger partial charge in [0.15, 0.2) is 0 Å². The molecule has 27 heavy (non-hydrogen) atoms. The lowest BCUT2D eigenvalue weighted by Gasteiger charge is -2.29. The lowest BCUT2D eigenvalue weighted by Crippen LogP contribution is -2.37. The van der Waals surface area contributed by atoms with Crippen molar-refractivity contribution in [1.82, 2.24) is 0 Å². The Kier molecular flexibility index (Phi) is 4.01. The van der Waals surface area contributed by atoms with E-state index < -0.39 is 5.66 Å². The van der Waals surface area contributed by atoms with E-state index in [0.29, 0.717) is 0 Å². The van der Waals surface area contributed by atoms with Crippen LogP contribution in [0.2, 0.25) is 0 Å². The molecule has 3 nitrogen and oxygen atoms in total. The maximum absolute atomic E-state index is 5.29. The number of hydrogen-bond donors (Lipinski definition) is 0. The maximum atomic E-state index is 5.29. The summed E-state index contributed by atoms with van der Waals surface area (Å²) in [5.41, 5.74) is 2.75. The van der Waals surface area contributed by atoms with E-state index in [2.05, 4.69) is 71.6 Å². The predicted molar refractivity (Wildman–Crippen MR) is 108 cm³/mol. The summed E-state index contributed by atoms with van der Waals surface area (Å²) in [6, 6.07) is 27.3. The summed E-state index contributed by atoms with van der Waals surface area (Å²) in [5, 5.41) is 2.03. The normalized spacial score (nSPS) is 17.7. The van der Waals surface area contributed by atoms with Crippen molar-refractivity contribution in [3.63, 3.8) is 0 Å². The fraction of sp³-hybridized carbons (Fsp3) is 0.250. The van der Waals surface area contributed by atoms with Gasteiger partial charge in [0, 0.05) is 24.2 Å². The number of nitrogens with zero attached hydrogens (tertiary/aromatic N) is 3. The van der Waals surface area contributed by atoms with Crippen molar-refractivity contribution in [3.8, 4) is 0 Å². The molecule has 3 aromatic rings. The number of anilines is 1. The molecule has 0 spiro atoms. The van der Waals surface area contributed by atoms with Crippen LogP contribution in [0, 0.1) is 0 Å². The third-order valence-corrected chi connectivity index (χ3v) is 5.60. The number of fused-ring (bicyclic) bond motifs is 1. The van der Waals surface area contributed by atoms with Crippen LogP contribution in [-0.4, -0.2) is 13.1 Å². The topological polar surface area (TPSA) is 28.0 Å². The largest absolute Gasteiger partial charge is 0.370 e. The van der Waals surface area contributed by atoms with Crippen molar-refractivity contribution in [1.29, 1.82) is 0 Å². The molecule has 2 aliphatic rings. The lowest BCUT2D eigenvalue weighted by molar-refractivity contribution is 0.564. The van der Waals surface area contributed by atoms with Crippen LogP contribution < -0.4 is 15.6 Å². The zero-order chi connectivity index (χ0) is 18.1. The summed E-state index contributed by atoms with van der Waals surface area (Å²) in [6.45, 7) is 2.21. The second-order valence-electron chi connectivity index (χ2n) is 7.32. The number of para-hydroxylation sites is 1. The number of piperidine rings is 1. The van der Waals surface area contributed by atoms with Crippen molar-refractivity contribution in [3.05, 3.63) is 101 Å². The first-order valence-corrected chi connectivity index (χ1v) is 9.82. The third kappa shape index (κ3) is 2.74. The second-order valence-corrected chi connectivity index (χ2v) is 7.32. The Labute approximate surface area is 159 Å². The van der Waals surface area contributed by atoms with Crippen LogP contribution in [0.3, 0.4) is 0 Å². The molecule has 0 atom stereocenters. The molecule has 0 aliphatic carbocycles. The van der Waals surface area contributed by atoms with Crippen molar-refractivity contribution < 1.29 is 0 Å². The lowest BCUT2D eigenvalue weighted by atomic mass is 9.92. The zero-order valence-electron chi connectivity index (χ0n) is 15.4. The average molecular weight is 353 g/mol. The van der Waals surface area contributed by atoms with Crippen LogP contribution in [0.15, 0.2) is 88.8 Å². The molecular formula is C24H23N3. The molecule has 0 saturated carbocycles. The van der Waals surface area contributed by atoms with Crippen molar-refractivity contribution >= 4 is 5.69 Å². The smallest absolute Gasteiger partial charge is 0.202 e. The minimum Gasteiger partial charge on any atom is -0.370 e. The molecule has 2 heterocycles. The van der Waals surface area contributed by atoms with E-state index >= 15 is 0 Å². The molecule has 0 unspecified atom stereocenters. The van der Waals surface area contributed by atoms with Crippen LogP contribution in [0.4, 0.5) is 5.69 Å². The Morgan fingerprint density at radius 1 is 0.630 bits per heavy atom. The first-order chi connectivity index (χ1) is 13.4. The van der Waals surface area contributed by atoms with Gasteiger partial charge in [0.1, 0.15) is 5.36 Å². The third-order valence-electron chi connectivity index (χ3n) is 5.60. The molecule has 0 aromatic heterocycles. The molecule has 1 fully saturated rings. The predicted octanol–water partition coefficient (Wildman–Crippen LogP) is 3.83. The van der Waals surface area contributed by atoms with Gasteiger partial charge in [-0.25, -0.2) is 9.98 Å². The Balaban J connectivity index is 1.75. The quantitative estimate of drug-likeness (QED) is 0.703. The number of benzene rings is 3. The number of hydrogen-bond acceptors (Lipinski definition) is 3. The Morgan fingerprint density at radius 3 is 1.89 bits per heavy atom. The average Bonchev–Trinajstić information content (AvgIpc) is 3.17. The summed E-state index contributed by atoms with van der Waals surface area (Å²) in [6.07, 6.45) is 3.83. The van der Waals surface area contributed by atoms with Gasteiger partial charge in [-0.2, -0.15) is 0 Å². The van der Waals surface area contributed by atoms with Gasteiger partial charge in [0.2, 0.25) is 5.66 Å². The van der Waals surface area contributed by atoms with Gasteiger partial charge in [-0.15, -0.1) is 0 Å². The van der Waals surface area contributed by atoms with Gasteiger partial charge >= 0.3 is 0 Å². The fourth-order valence-corrected chi connectivity index (χ4v) is 4.24. The van der Waals surface area contributed by atoms with Gasteiger partial charge < -0.3 is 4.90 Å². The molecule has 3 heteroatoms. The molecule has 0 N–H and O–H groups in total. The van der Waals surface area contributed by atoms with Gasteiger partial charge in [-0.3, -0.25) is 0 Å². The van der Waals surface area contributed by atoms with E-state index in [4.69, 9.17) is 9.98 Å². The summed E-state index contributed by atoms with van der Waals surface area (Å²) in [5.74, 6) is 0. The van der Waals surface area contributed by atoms with E-state index in [1.807, 2.05) is 12.1 Å². The van der Waals surface area contributed by atoms with Crippen molar-refractivity contribution in [2.24, 2.45) is 9.98 Å². The van der Waals surface area contributed by atoms with Gasteiger partial charge in [0.25, 0.3) is 0 Å². The molecule has 0 radical (unpaired) electrons. The molecule has 0 amide bonds. The Bertz CT molecular complexity index is 1010. The standard InChI is InChI=1S/C24H23N3/c1-4-11-19(12-5-1)24(20-13-6-2-7-14-20)25-21-15-10-16-22(23(21)26-24)27-17-8-3-9-18-27/h1-2,4-7,10-16H,3,8-9,17-18H2. The zero-order valence-corrected chi connectivity index (χ0v) is 15.4. The van der Waals surface area contributed by atoms with Gasteiger partial charge in [-0.05, 0) is 31.4 Å².